The number of ether oxygens (including phenoxy) is 3. The number of halogens is 4. The van der Waals surface area contributed by atoms with Gasteiger partial charge in [0.15, 0.2) is 18.1 Å². The maximum Gasteiger partial charge on any atom is 0.416 e. The molecule has 0 aliphatic rings. The average Bonchev–Trinajstić information content (AvgIpc) is 2.73. The molecular weight excluding hydrogens is 515 g/mol. The Labute approximate surface area is 194 Å². The van der Waals surface area contributed by atoms with Crippen molar-refractivity contribution in [2.24, 2.45) is 5.10 Å². The predicted octanol–water partition coefficient (Wildman–Crippen LogP) is 5.16. The number of nitrogens with one attached hydrogen (secondary N) is 1. The van der Waals surface area contributed by atoms with Gasteiger partial charge >= 0.3 is 12.1 Å². The summed E-state index contributed by atoms with van der Waals surface area (Å²) in [7, 11) is 0. The number of hydrogen-bond donors (Lipinski definition) is 1. The monoisotopic (exact) mass is 533 g/mol. The number of nitrogens with zero attached hydrogens (tertiary/aromatic N) is 2. The summed E-state index contributed by atoms with van der Waals surface area (Å²) in [5.74, 6) is -0.00801. The lowest BCUT2D eigenvalue weighted by atomic mass is 10.1. The van der Waals surface area contributed by atoms with Crippen molar-refractivity contribution < 1.29 is 37.1 Å². The molecule has 0 fully saturated rings. The highest BCUT2D eigenvalue weighted by atomic mass is 79.9. The van der Waals surface area contributed by atoms with Crippen LogP contribution >= 0.6 is 15.9 Å². The fourth-order valence-electron chi connectivity index (χ4n) is 2.53. The van der Waals surface area contributed by atoms with E-state index in [-0.39, 0.29) is 30.4 Å². The highest BCUT2D eigenvalue weighted by Gasteiger charge is 2.33. The first-order chi connectivity index (χ1) is 15.6. The average molecular weight is 534 g/mol. The molecule has 0 radical (unpaired) electrons. The van der Waals surface area contributed by atoms with E-state index < -0.39 is 28.3 Å². The van der Waals surface area contributed by atoms with Crippen LogP contribution in [0, 0.1) is 10.1 Å². The van der Waals surface area contributed by atoms with Crippen LogP contribution in [0.5, 0.6) is 11.5 Å². The maximum atomic E-state index is 12.8. The first-order valence-electron chi connectivity index (χ1n) is 9.46. The summed E-state index contributed by atoms with van der Waals surface area (Å²) in [5, 5.41) is 15.0. The molecule has 0 saturated carbocycles. The summed E-state index contributed by atoms with van der Waals surface area (Å²) in [6.07, 6.45) is -3.44. The molecule has 0 aromatic heterocycles. The minimum Gasteiger partial charge on any atom is -0.490 e. The third-order valence-corrected chi connectivity index (χ3v) is 4.48. The van der Waals surface area contributed by atoms with E-state index in [1.54, 1.807) is 26.0 Å². The van der Waals surface area contributed by atoms with Crippen molar-refractivity contribution in [1.29, 1.82) is 0 Å². The molecule has 2 aromatic carbocycles. The van der Waals surface area contributed by atoms with E-state index >= 15 is 0 Å². The molecule has 1 N–H and O–H groups in total. The Bertz CT molecular complexity index is 1050. The standard InChI is InChI=1S/C20H19BrF3N3O6/c1-3-31-17-8-12(7-14(21)19(17)33-11-18(28)32-4-2)10-25-26-15-6-5-13(20(22,23)24)9-16(15)27(29)30/h5-10,26H,3-4,11H2,1-2H3/b25-10-. The number of anilines is 1. The van der Waals surface area contributed by atoms with Crippen LogP contribution in [0.4, 0.5) is 24.5 Å². The zero-order valence-corrected chi connectivity index (χ0v) is 19.0. The molecule has 0 amide bonds. The fourth-order valence-corrected chi connectivity index (χ4v) is 3.10. The zero-order valence-electron chi connectivity index (χ0n) is 17.4. The van der Waals surface area contributed by atoms with Crippen LogP contribution in [0.3, 0.4) is 0 Å². The van der Waals surface area contributed by atoms with Gasteiger partial charge in [-0.15, -0.1) is 0 Å². The largest absolute Gasteiger partial charge is 0.490 e. The molecule has 0 atom stereocenters. The van der Waals surface area contributed by atoms with Crippen molar-refractivity contribution in [2.45, 2.75) is 20.0 Å². The normalized spacial score (nSPS) is 11.3. The third-order valence-electron chi connectivity index (χ3n) is 3.89. The van der Waals surface area contributed by atoms with Crippen LogP contribution in [-0.4, -0.2) is 36.9 Å². The summed E-state index contributed by atoms with van der Waals surface area (Å²) >= 11 is 3.32. The molecule has 9 nitrogen and oxygen atoms in total. The van der Waals surface area contributed by atoms with Crippen LogP contribution in [-0.2, 0) is 15.7 Å². The molecule has 0 aliphatic heterocycles. The van der Waals surface area contributed by atoms with Crippen LogP contribution in [0.15, 0.2) is 39.9 Å². The van der Waals surface area contributed by atoms with Gasteiger partial charge in [-0.25, -0.2) is 4.79 Å². The Morgan fingerprint density at radius 3 is 2.55 bits per heavy atom. The van der Waals surface area contributed by atoms with Gasteiger partial charge in [0.1, 0.15) is 5.69 Å². The molecule has 0 unspecified atom stereocenters. The van der Waals surface area contributed by atoms with E-state index in [9.17, 15) is 28.1 Å². The van der Waals surface area contributed by atoms with Crippen molar-refractivity contribution in [2.75, 3.05) is 25.2 Å². The van der Waals surface area contributed by atoms with Gasteiger partial charge in [-0.05, 0) is 59.6 Å². The summed E-state index contributed by atoms with van der Waals surface area (Å²) in [5.41, 5.74) is 0.699. The van der Waals surface area contributed by atoms with Crippen molar-refractivity contribution in [3.05, 3.63) is 56.0 Å². The topological polar surface area (TPSA) is 112 Å². The molecule has 0 spiro atoms. The summed E-state index contributed by atoms with van der Waals surface area (Å²) < 4.78 is 54.7. The number of hydrogen-bond acceptors (Lipinski definition) is 8. The van der Waals surface area contributed by atoms with Crippen LogP contribution < -0.4 is 14.9 Å². The van der Waals surface area contributed by atoms with E-state index in [0.29, 0.717) is 28.8 Å². The molecule has 0 bridgehead atoms. The number of carbonyl (C=O) groups excluding carboxylic acids is 1. The lowest BCUT2D eigenvalue weighted by Crippen LogP contribution is -2.15. The number of hydrazone groups is 1. The summed E-state index contributed by atoms with van der Waals surface area (Å²) in [4.78, 5) is 21.8. The van der Waals surface area contributed by atoms with Gasteiger partial charge in [0.2, 0.25) is 0 Å². The Hall–Kier alpha value is -3.35. The molecular formula is C20H19BrF3N3O6. The molecule has 178 valence electrons. The van der Waals surface area contributed by atoms with Gasteiger partial charge in [0.25, 0.3) is 5.69 Å². The first kappa shape index (κ1) is 25.9. The molecule has 2 rings (SSSR count). The zero-order chi connectivity index (χ0) is 24.6. The molecule has 0 saturated heterocycles. The number of carbonyl (C=O) groups is 1. The van der Waals surface area contributed by atoms with Gasteiger partial charge in [0, 0.05) is 6.07 Å². The molecule has 2 aromatic rings. The van der Waals surface area contributed by atoms with E-state index in [0.717, 1.165) is 6.07 Å². The van der Waals surface area contributed by atoms with Gasteiger partial charge in [0.05, 0.1) is 34.4 Å². The number of rotatable bonds is 10. The maximum absolute atomic E-state index is 12.8. The lowest BCUT2D eigenvalue weighted by molar-refractivity contribution is -0.384. The molecule has 33 heavy (non-hydrogen) atoms. The third kappa shape index (κ3) is 7.34. The number of nitro groups is 1. The Morgan fingerprint density at radius 1 is 1.21 bits per heavy atom. The van der Waals surface area contributed by atoms with Crippen molar-refractivity contribution in [3.63, 3.8) is 0 Å². The number of nitro benzene ring substituents is 1. The van der Waals surface area contributed by atoms with Crippen LogP contribution in [0.25, 0.3) is 0 Å². The van der Waals surface area contributed by atoms with Gasteiger partial charge in [-0.2, -0.15) is 18.3 Å². The Balaban J connectivity index is 2.24. The number of benzene rings is 2. The smallest absolute Gasteiger partial charge is 0.416 e. The highest BCUT2D eigenvalue weighted by Crippen LogP contribution is 2.37. The Morgan fingerprint density at radius 2 is 1.94 bits per heavy atom. The van der Waals surface area contributed by atoms with E-state index in [4.69, 9.17) is 14.2 Å². The summed E-state index contributed by atoms with van der Waals surface area (Å²) in [6.45, 7) is 3.58. The van der Waals surface area contributed by atoms with Crippen molar-refractivity contribution >= 4 is 39.5 Å². The van der Waals surface area contributed by atoms with Crippen LogP contribution in [0.1, 0.15) is 25.0 Å². The van der Waals surface area contributed by atoms with Gasteiger partial charge < -0.3 is 14.2 Å². The first-order valence-corrected chi connectivity index (χ1v) is 10.3. The number of esters is 1. The second-order valence-electron chi connectivity index (χ2n) is 6.21. The van der Waals surface area contributed by atoms with Gasteiger partial charge in [-0.3, -0.25) is 15.5 Å². The molecule has 0 heterocycles. The Kier molecular flexibility index (Phi) is 9.02. The van der Waals surface area contributed by atoms with Gasteiger partial charge in [-0.1, -0.05) is 0 Å². The minimum absolute atomic E-state index is 0.209. The predicted molar refractivity (Wildman–Crippen MR) is 117 cm³/mol. The van der Waals surface area contributed by atoms with Crippen molar-refractivity contribution in [3.8, 4) is 11.5 Å². The quantitative estimate of drug-likeness (QED) is 0.194. The second kappa shape index (κ2) is 11.5. The highest BCUT2D eigenvalue weighted by molar-refractivity contribution is 9.10. The SMILES string of the molecule is CCOC(=O)COc1c(Br)cc(/C=N\Nc2ccc(C(F)(F)F)cc2[N+](=O)[O-])cc1OCC. The molecule has 0 aliphatic carbocycles. The molecule has 13 heteroatoms. The number of alkyl halides is 3. The lowest BCUT2D eigenvalue weighted by Gasteiger charge is -2.14. The fraction of sp³-hybridized carbons (Fsp3) is 0.300. The summed E-state index contributed by atoms with van der Waals surface area (Å²) in [6, 6.07) is 5.18. The van der Waals surface area contributed by atoms with Crippen LogP contribution in [0.2, 0.25) is 0 Å². The van der Waals surface area contributed by atoms with E-state index in [1.165, 1.54) is 6.21 Å². The van der Waals surface area contributed by atoms with E-state index in [1.807, 2.05) is 0 Å². The van der Waals surface area contributed by atoms with E-state index in [2.05, 4.69) is 26.5 Å². The minimum atomic E-state index is -4.72. The second-order valence-corrected chi connectivity index (χ2v) is 7.07. The van der Waals surface area contributed by atoms with Crippen molar-refractivity contribution in [1.82, 2.24) is 0 Å².